The molecule has 0 fully saturated rings. The fourth-order valence-electron chi connectivity index (χ4n) is 2.74. The van der Waals surface area contributed by atoms with E-state index in [-0.39, 0.29) is 5.91 Å². The summed E-state index contributed by atoms with van der Waals surface area (Å²) in [6, 6.07) is 21.5. The van der Waals surface area contributed by atoms with Crippen LogP contribution in [0.25, 0.3) is 0 Å². The van der Waals surface area contributed by atoms with Gasteiger partial charge in [0.25, 0.3) is 5.91 Å². The van der Waals surface area contributed by atoms with Crippen LogP contribution in [0, 0.1) is 0 Å². The summed E-state index contributed by atoms with van der Waals surface area (Å²) in [4.78, 5) is 16.6. The summed E-state index contributed by atoms with van der Waals surface area (Å²) in [5, 5.41) is 6.17. The Morgan fingerprint density at radius 1 is 1.00 bits per heavy atom. The van der Waals surface area contributed by atoms with E-state index in [9.17, 15) is 4.79 Å². The molecule has 138 valence electrons. The highest BCUT2D eigenvalue weighted by Crippen LogP contribution is 2.17. The highest BCUT2D eigenvalue weighted by atomic mass is 16.5. The average molecular weight is 361 g/mol. The molecule has 3 aromatic rings. The molecule has 0 aliphatic heterocycles. The lowest BCUT2D eigenvalue weighted by atomic mass is 10.1. The molecule has 1 aromatic heterocycles. The van der Waals surface area contributed by atoms with E-state index >= 15 is 0 Å². The number of nitrogens with zero attached hydrogens (tertiary/aromatic N) is 1. The highest BCUT2D eigenvalue weighted by Gasteiger charge is 2.07. The first kappa shape index (κ1) is 18.5. The molecule has 0 radical (unpaired) electrons. The number of hydrogen-bond donors (Lipinski definition) is 2. The molecule has 1 amide bonds. The second-order valence-corrected chi connectivity index (χ2v) is 6.09. The molecule has 5 heteroatoms. The number of amides is 1. The number of methoxy groups -OCH3 is 1. The van der Waals surface area contributed by atoms with Crippen molar-refractivity contribution in [1.82, 2.24) is 10.3 Å². The molecule has 0 aliphatic rings. The maximum atomic E-state index is 12.3. The third-order valence-corrected chi connectivity index (χ3v) is 4.21. The Hall–Kier alpha value is -3.34. The van der Waals surface area contributed by atoms with Crippen molar-refractivity contribution < 1.29 is 9.53 Å². The van der Waals surface area contributed by atoms with E-state index in [1.807, 2.05) is 48.5 Å². The van der Waals surface area contributed by atoms with E-state index in [0.717, 1.165) is 17.1 Å². The largest absolute Gasteiger partial charge is 0.496 e. The minimum absolute atomic E-state index is 0.132. The number of rotatable bonds is 8. The van der Waals surface area contributed by atoms with Crippen molar-refractivity contribution in [2.75, 3.05) is 19.0 Å². The van der Waals surface area contributed by atoms with Gasteiger partial charge in [-0.2, -0.15) is 0 Å². The van der Waals surface area contributed by atoms with Crippen LogP contribution in [0.5, 0.6) is 5.75 Å². The van der Waals surface area contributed by atoms with Crippen LogP contribution in [0.4, 0.5) is 5.82 Å². The summed E-state index contributed by atoms with van der Waals surface area (Å²) < 4.78 is 5.33. The Balaban J connectivity index is 1.48. The topological polar surface area (TPSA) is 63.2 Å². The van der Waals surface area contributed by atoms with Crippen LogP contribution in [0.1, 0.15) is 21.5 Å². The van der Waals surface area contributed by atoms with Crippen LogP contribution in [0.15, 0.2) is 72.9 Å². The smallest absolute Gasteiger partial charge is 0.252 e. The first-order valence-corrected chi connectivity index (χ1v) is 8.90. The van der Waals surface area contributed by atoms with Crippen LogP contribution in [0.2, 0.25) is 0 Å². The van der Waals surface area contributed by atoms with Gasteiger partial charge in [-0.05, 0) is 35.7 Å². The minimum atomic E-state index is -0.132. The quantitative estimate of drug-likeness (QED) is 0.642. The van der Waals surface area contributed by atoms with Gasteiger partial charge in [0.15, 0.2) is 0 Å². The molecule has 0 bridgehead atoms. The van der Waals surface area contributed by atoms with Gasteiger partial charge in [0.05, 0.1) is 12.7 Å². The lowest BCUT2D eigenvalue weighted by Gasteiger charge is -2.09. The molecule has 0 atom stereocenters. The van der Waals surface area contributed by atoms with Gasteiger partial charge in [0.2, 0.25) is 0 Å². The van der Waals surface area contributed by atoms with Crippen molar-refractivity contribution >= 4 is 11.7 Å². The van der Waals surface area contributed by atoms with Crippen molar-refractivity contribution in [2.45, 2.75) is 13.0 Å². The molecule has 5 nitrogen and oxygen atoms in total. The predicted octanol–water partition coefficient (Wildman–Crippen LogP) is 3.67. The number of carbonyl (C=O) groups is 1. The number of aromatic nitrogens is 1. The lowest BCUT2D eigenvalue weighted by Crippen LogP contribution is -2.25. The van der Waals surface area contributed by atoms with Gasteiger partial charge in [0.1, 0.15) is 11.6 Å². The van der Waals surface area contributed by atoms with E-state index in [1.165, 1.54) is 5.56 Å². The van der Waals surface area contributed by atoms with Gasteiger partial charge in [-0.25, -0.2) is 4.98 Å². The number of pyridine rings is 1. The summed E-state index contributed by atoms with van der Waals surface area (Å²) in [5.41, 5.74) is 2.79. The monoisotopic (exact) mass is 361 g/mol. The van der Waals surface area contributed by atoms with E-state index in [0.29, 0.717) is 25.1 Å². The molecule has 1 heterocycles. The van der Waals surface area contributed by atoms with Gasteiger partial charge < -0.3 is 15.4 Å². The van der Waals surface area contributed by atoms with Crippen LogP contribution in [-0.4, -0.2) is 24.5 Å². The molecule has 0 spiro atoms. The number of ether oxygens (including phenoxy) is 1. The molecule has 0 saturated carbocycles. The maximum absolute atomic E-state index is 12.3. The molecular formula is C22H23N3O2. The van der Waals surface area contributed by atoms with E-state index in [4.69, 9.17) is 4.74 Å². The summed E-state index contributed by atoms with van der Waals surface area (Å²) in [5.74, 6) is 1.44. The van der Waals surface area contributed by atoms with Gasteiger partial charge in [-0.15, -0.1) is 0 Å². The molecule has 2 aromatic carbocycles. The minimum Gasteiger partial charge on any atom is -0.496 e. The third kappa shape index (κ3) is 5.31. The van der Waals surface area contributed by atoms with Crippen molar-refractivity contribution in [1.29, 1.82) is 0 Å². The van der Waals surface area contributed by atoms with Crippen LogP contribution in [-0.2, 0) is 13.0 Å². The fourth-order valence-corrected chi connectivity index (χ4v) is 2.74. The van der Waals surface area contributed by atoms with Crippen molar-refractivity contribution in [3.63, 3.8) is 0 Å². The molecule has 0 unspecified atom stereocenters. The Bertz CT molecular complexity index is 864. The van der Waals surface area contributed by atoms with Gasteiger partial charge in [0, 0.05) is 19.3 Å². The first-order valence-electron chi connectivity index (χ1n) is 8.90. The number of hydrogen-bond acceptors (Lipinski definition) is 4. The van der Waals surface area contributed by atoms with Gasteiger partial charge >= 0.3 is 0 Å². The Kier molecular flexibility index (Phi) is 6.41. The van der Waals surface area contributed by atoms with Crippen LogP contribution >= 0.6 is 0 Å². The number of nitrogens with one attached hydrogen (secondary N) is 2. The third-order valence-electron chi connectivity index (χ3n) is 4.21. The summed E-state index contributed by atoms with van der Waals surface area (Å²) >= 11 is 0. The van der Waals surface area contributed by atoms with Crippen molar-refractivity contribution in [3.8, 4) is 5.75 Å². The predicted molar refractivity (Wildman–Crippen MR) is 107 cm³/mol. The van der Waals surface area contributed by atoms with Crippen molar-refractivity contribution in [3.05, 3.63) is 89.6 Å². The SMILES string of the molecule is COc1ccccc1CCNC(=O)c1ccc(NCc2ccccc2)nc1. The van der Waals surface area contributed by atoms with Crippen LogP contribution < -0.4 is 15.4 Å². The van der Waals surface area contributed by atoms with Gasteiger partial charge in [-0.3, -0.25) is 4.79 Å². The number of carbonyl (C=O) groups excluding carboxylic acids is 1. The number of benzene rings is 2. The summed E-state index contributed by atoms with van der Waals surface area (Å²) in [6.07, 6.45) is 2.30. The molecule has 3 rings (SSSR count). The van der Waals surface area contributed by atoms with E-state index < -0.39 is 0 Å². The van der Waals surface area contributed by atoms with Crippen molar-refractivity contribution in [2.24, 2.45) is 0 Å². The zero-order valence-electron chi connectivity index (χ0n) is 15.3. The second-order valence-electron chi connectivity index (χ2n) is 6.09. The molecule has 0 saturated heterocycles. The Labute approximate surface area is 159 Å². The molecule has 0 aliphatic carbocycles. The summed E-state index contributed by atoms with van der Waals surface area (Å²) in [6.45, 7) is 1.23. The normalized spacial score (nSPS) is 10.3. The number of anilines is 1. The zero-order valence-corrected chi connectivity index (χ0v) is 15.3. The molecule has 2 N–H and O–H groups in total. The second kappa shape index (κ2) is 9.38. The standard InChI is InChI=1S/C22H23N3O2/c1-27-20-10-6-5-9-18(20)13-14-23-22(26)19-11-12-21(25-16-19)24-15-17-7-3-2-4-8-17/h2-12,16H,13-15H2,1H3,(H,23,26)(H,24,25). The first-order chi connectivity index (χ1) is 13.3. The molecular weight excluding hydrogens is 338 g/mol. The summed E-state index contributed by atoms with van der Waals surface area (Å²) in [7, 11) is 1.65. The Morgan fingerprint density at radius 2 is 1.78 bits per heavy atom. The zero-order chi connectivity index (χ0) is 18.9. The molecule has 27 heavy (non-hydrogen) atoms. The highest BCUT2D eigenvalue weighted by molar-refractivity contribution is 5.94. The van der Waals surface area contributed by atoms with Gasteiger partial charge in [-0.1, -0.05) is 48.5 Å². The Morgan fingerprint density at radius 3 is 2.52 bits per heavy atom. The maximum Gasteiger partial charge on any atom is 0.252 e. The van der Waals surface area contributed by atoms with Crippen LogP contribution in [0.3, 0.4) is 0 Å². The van der Waals surface area contributed by atoms with E-state index in [2.05, 4.69) is 27.8 Å². The fraction of sp³-hybridized carbons (Fsp3) is 0.182. The lowest BCUT2D eigenvalue weighted by molar-refractivity contribution is 0.0953. The van der Waals surface area contributed by atoms with E-state index in [1.54, 1.807) is 19.4 Å². The average Bonchev–Trinajstić information content (AvgIpc) is 2.73. The number of para-hydroxylation sites is 1.